The van der Waals surface area contributed by atoms with Gasteiger partial charge >= 0.3 is 0 Å². The fourth-order valence-electron chi connectivity index (χ4n) is 3.74. The van der Waals surface area contributed by atoms with E-state index in [-0.39, 0.29) is 5.91 Å². The number of aryl methyl sites for hydroxylation is 1. The maximum Gasteiger partial charge on any atom is 0.259 e. The lowest BCUT2D eigenvalue weighted by Crippen LogP contribution is -2.35. The predicted octanol–water partition coefficient (Wildman–Crippen LogP) is 4.22. The van der Waals surface area contributed by atoms with Gasteiger partial charge in [-0.2, -0.15) is 16.3 Å². The average Bonchev–Trinajstić information content (AvgIpc) is 3.52. The van der Waals surface area contributed by atoms with Crippen molar-refractivity contribution in [2.45, 2.75) is 32.2 Å². The normalized spacial score (nSPS) is 14.6. The molecule has 1 aliphatic heterocycles. The molecule has 0 N–H and O–H groups in total. The summed E-state index contributed by atoms with van der Waals surface area (Å²) in [5, 5.41) is 8.06. The van der Waals surface area contributed by atoms with Gasteiger partial charge in [0.2, 0.25) is 11.7 Å². The summed E-state index contributed by atoms with van der Waals surface area (Å²) in [7, 11) is 0. The summed E-state index contributed by atoms with van der Waals surface area (Å²) in [5.74, 6) is 1.29. The molecule has 3 aromatic heterocycles. The van der Waals surface area contributed by atoms with Gasteiger partial charge in [0.05, 0.1) is 22.9 Å². The third kappa shape index (κ3) is 3.67. The van der Waals surface area contributed by atoms with Crippen LogP contribution >= 0.6 is 11.3 Å². The van der Waals surface area contributed by atoms with E-state index >= 15 is 0 Å². The largest absolute Gasteiger partial charge is 0.343 e. The molecule has 7 nitrogen and oxygen atoms in total. The zero-order valence-corrected chi connectivity index (χ0v) is 16.8. The first-order valence-electron chi connectivity index (χ1n) is 9.87. The Labute approximate surface area is 172 Å². The first kappa shape index (κ1) is 18.1. The molecule has 5 rings (SSSR count). The minimum atomic E-state index is 0.232. The van der Waals surface area contributed by atoms with Crippen molar-refractivity contribution < 1.29 is 9.32 Å². The molecule has 8 heteroatoms. The monoisotopic (exact) mass is 407 g/mol. The fraction of sp³-hybridized carbons (Fsp3) is 0.333. The third-order valence-corrected chi connectivity index (χ3v) is 6.03. The molecule has 0 bridgehead atoms. The van der Waals surface area contributed by atoms with E-state index in [4.69, 9.17) is 4.52 Å². The molecule has 0 radical (unpaired) electrons. The number of aromatic nitrogens is 4. The molecule has 0 saturated carbocycles. The van der Waals surface area contributed by atoms with Crippen molar-refractivity contribution in [1.82, 2.24) is 24.6 Å². The van der Waals surface area contributed by atoms with E-state index in [1.54, 1.807) is 17.7 Å². The zero-order valence-electron chi connectivity index (χ0n) is 16.0. The van der Waals surface area contributed by atoms with Crippen LogP contribution in [0.25, 0.3) is 33.9 Å². The molecule has 4 heterocycles. The van der Waals surface area contributed by atoms with E-state index < -0.39 is 0 Å². The Bertz CT molecular complexity index is 1130. The number of amides is 1. The second-order valence-corrected chi connectivity index (χ2v) is 8.05. The van der Waals surface area contributed by atoms with Gasteiger partial charge < -0.3 is 14.0 Å². The van der Waals surface area contributed by atoms with Crippen molar-refractivity contribution in [2.24, 2.45) is 0 Å². The van der Waals surface area contributed by atoms with E-state index in [2.05, 4.69) is 15.1 Å². The first-order chi connectivity index (χ1) is 14.3. The van der Waals surface area contributed by atoms with Crippen LogP contribution in [0, 0.1) is 0 Å². The van der Waals surface area contributed by atoms with Crippen molar-refractivity contribution >= 4 is 28.3 Å². The van der Waals surface area contributed by atoms with Crippen LogP contribution in [0.5, 0.6) is 0 Å². The lowest BCUT2D eigenvalue weighted by molar-refractivity contribution is -0.132. The zero-order chi connectivity index (χ0) is 19.6. The summed E-state index contributed by atoms with van der Waals surface area (Å²) < 4.78 is 7.42. The van der Waals surface area contributed by atoms with Crippen LogP contribution in [0.1, 0.15) is 25.7 Å². The highest BCUT2D eigenvalue weighted by atomic mass is 32.1. The lowest BCUT2D eigenvalue weighted by Gasteiger charge is -2.26. The molecular weight excluding hydrogens is 386 g/mol. The van der Waals surface area contributed by atoms with Crippen molar-refractivity contribution in [3.63, 3.8) is 0 Å². The van der Waals surface area contributed by atoms with Crippen molar-refractivity contribution in [3.05, 3.63) is 41.4 Å². The summed E-state index contributed by atoms with van der Waals surface area (Å²) in [6, 6.07) is 7.89. The standard InChI is InChI=1S/C21H21N5O2S/c27-19(25-8-2-1-3-9-25)6-10-26-14-22-17-12-15(4-5-18(17)26)20-23-21(28-24-20)16-7-11-29-13-16/h4-5,7,11-14H,1-3,6,8-10H2. The van der Waals surface area contributed by atoms with Gasteiger partial charge in [0.15, 0.2) is 0 Å². The van der Waals surface area contributed by atoms with Crippen LogP contribution in [0.2, 0.25) is 0 Å². The molecule has 4 aromatic rings. The molecule has 1 amide bonds. The summed E-state index contributed by atoms with van der Waals surface area (Å²) in [4.78, 5) is 23.4. The number of imidazole rings is 1. The third-order valence-electron chi connectivity index (χ3n) is 5.35. The molecule has 29 heavy (non-hydrogen) atoms. The SMILES string of the molecule is O=C(CCn1cnc2cc(-c3noc(-c4ccsc4)n3)ccc21)N1CCCCC1. The van der Waals surface area contributed by atoms with Crippen molar-refractivity contribution in [3.8, 4) is 22.8 Å². The molecule has 1 aliphatic rings. The smallest absolute Gasteiger partial charge is 0.259 e. The van der Waals surface area contributed by atoms with Gasteiger partial charge in [-0.25, -0.2) is 4.98 Å². The Kier molecular flexibility index (Phi) is 4.85. The summed E-state index contributed by atoms with van der Waals surface area (Å²) in [5.41, 5.74) is 3.64. The quantitative estimate of drug-likeness (QED) is 0.495. The summed E-state index contributed by atoms with van der Waals surface area (Å²) in [6.07, 6.45) is 5.76. The lowest BCUT2D eigenvalue weighted by atomic mass is 10.1. The number of hydrogen-bond donors (Lipinski definition) is 0. The fourth-order valence-corrected chi connectivity index (χ4v) is 4.37. The first-order valence-corrected chi connectivity index (χ1v) is 10.8. The van der Waals surface area contributed by atoms with Crippen LogP contribution in [0.4, 0.5) is 0 Å². The second-order valence-electron chi connectivity index (χ2n) is 7.27. The van der Waals surface area contributed by atoms with Gasteiger partial charge in [-0.05, 0) is 48.9 Å². The number of rotatable bonds is 5. The topological polar surface area (TPSA) is 77.0 Å². The van der Waals surface area contributed by atoms with Crippen LogP contribution in [0.3, 0.4) is 0 Å². The van der Waals surface area contributed by atoms with Crippen LogP contribution in [-0.2, 0) is 11.3 Å². The van der Waals surface area contributed by atoms with E-state index in [1.807, 2.05) is 44.5 Å². The Balaban J connectivity index is 1.31. The number of likely N-dealkylation sites (tertiary alicyclic amines) is 1. The maximum atomic E-state index is 12.4. The van der Waals surface area contributed by atoms with E-state index in [0.717, 1.165) is 48.1 Å². The number of fused-ring (bicyclic) bond motifs is 1. The molecule has 1 aromatic carbocycles. The van der Waals surface area contributed by atoms with Gasteiger partial charge in [-0.15, -0.1) is 0 Å². The minimum absolute atomic E-state index is 0.232. The Hall–Kier alpha value is -3.00. The van der Waals surface area contributed by atoms with E-state index in [9.17, 15) is 4.79 Å². The molecule has 1 fully saturated rings. The van der Waals surface area contributed by atoms with Crippen molar-refractivity contribution in [2.75, 3.05) is 13.1 Å². The average molecular weight is 407 g/mol. The second kappa shape index (κ2) is 7.79. The highest BCUT2D eigenvalue weighted by Crippen LogP contribution is 2.26. The molecule has 1 saturated heterocycles. The molecule has 0 unspecified atom stereocenters. The van der Waals surface area contributed by atoms with Gasteiger partial charge in [0.25, 0.3) is 5.89 Å². The minimum Gasteiger partial charge on any atom is -0.343 e. The number of piperidine rings is 1. The molecule has 0 aliphatic carbocycles. The number of carbonyl (C=O) groups is 1. The Morgan fingerprint density at radius 1 is 1.14 bits per heavy atom. The van der Waals surface area contributed by atoms with Crippen LogP contribution in [-0.4, -0.2) is 43.6 Å². The number of hydrogen-bond acceptors (Lipinski definition) is 6. The number of benzene rings is 1. The van der Waals surface area contributed by atoms with Gasteiger partial charge in [-0.1, -0.05) is 5.16 Å². The summed E-state index contributed by atoms with van der Waals surface area (Å²) >= 11 is 1.59. The number of carbonyl (C=O) groups excluding carboxylic acids is 1. The number of thiophene rings is 1. The maximum absolute atomic E-state index is 12.4. The molecule has 148 valence electrons. The summed E-state index contributed by atoms with van der Waals surface area (Å²) in [6.45, 7) is 2.42. The van der Waals surface area contributed by atoms with Gasteiger partial charge in [0.1, 0.15) is 0 Å². The highest BCUT2D eigenvalue weighted by molar-refractivity contribution is 7.08. The van der Waals surface area contributed by atoms with E-state index in [0.29, 0.717) is 24.7 Å². The Morgan fingerprint density at radius 2 is 2.03 bits per heavy atom. The van der Waals surface area contributed by atoms with Gasteiger partial charge in [-0.3, -0.25) is 4.79 Å². The highest BCUT2D eigenvalue weighted by Gasteiger charge is 2.17. The molecular formula is C21H21N5O2S. The number of nitrogens with zero attached hydrogens (tertiary/aromatic N) is 5. The van der Waals surface area contributed by atoms with Crippen LogP contribution in [0.15, 0.2) is 45.9 Å². The Morgan fingerprint density at radius 3 is 2.86 bits per heavy atom. The molecule has 0 spiro atoms. The van der Waals surface area contributed by atoms with Gasteiger partial charge in [0, 0.05) is 37.0 Å². The van der Waals surface area contributed by atoms with E-state index in [1.165, 1.54) is 6.42 Å². The van der Waals surface area contributed by atoms with Crippen molar-refractivity contribution in [1.29, 1.82) is 0 Å². The van der Waals surface area contributed by atoms with Crippen LogP contribution < -0.4 is 0 Å². The molecule has 0 atom stereocenters. The predicted molar refractivity (Wildman–Crippen MR) is 111 cm³/mol.